The van der Waals surface area contributed by atoms with Crippen LogP contribution in [-0.2, 0) is 33.6 Å². The van der Waals surface area contributed by atoms with Crippen LogP contribution >= 0.6 is 0 Å². The van der Waals surface area contributed by atoms with Gasteiger partial charge in [0.05, 0.1) is 13.1 Å². The van der Waals surface area contributed by atoms with Crippen molar-refractivity contribution in [3.05, 3.63) is 0 Å². The Morgan fingerprint density at radius 2 is 0.918 bits per heavy atom. The molecule has 0 rings (SSSR count). The summed E-state index contributed by atoms with van der Waals surface area (Å²) >= 11 is 0. The van der Waals surface area contributed by atoms with Gasteiger partial charge in [-0.3, -0.25) is 38.9 Å². The number of primary amides is 1. The van der Waals surface area contributed by atoms with E-state index in [0.29, 0.717) is 63.8 Å². The highest BCUT2D eigenvalue weighted by Gasteiger charge is 2.07. The van der Waals surface area contributed by atoms with E-state index >= 15 is 0 Å². The summed E-state index contributed by atoms with van der Waals surface area (Å²) in [6, 6.07) is 0. The van der Waals surface area contributed by atoms with Gasteiger partial charge in [0.2, 0.25) is 59.4 Å². The van der Waals surface area contributed by atoms with E-state index in [1.807, 2.05) is 31.2 Å². The molecule has 0 spiro atoms. The van der Waals surface area contributed by atoms with Crippen molar-refractivity contribution >= 4 is 73.2 Å². The summed E-state index contributed by atoms with van der Waals surface area (Å²) in [5, 5.41) is 14.1. The van der Waals surface area contributed by atoms with Crippen molar-refractivity contribution in [1.82, 2.24) is 31.6 Å². The van der Waals surface area contributed by atoms with Crippen LogP contribution < -0.4 is 43.0 Å². The average Bonchev–Trinajstić information content (AvgIpc) is 3.09. The van der Waals surface area contributed by atoms with Gasteiger partial charge in [-0.25, -0.2) is 0 Å². The molecule has 0 aliphatic rings. The first-order valence-corrected chi connectivity index (χ1v) is 16.7. The lowest BCUT2D eigenvalue weighted by molar-refractivity contribution is -0.122. The second kappa shape index (κ2) is 40.8. The van der Waals surface area contributed by atoms with Crippen molar-refractivity contribution in [1.29, 1.82) is 0 Å². The number of carbonyl (C=O) groups excluding carboxylic acids is 7. The Hall–Kier alpha value is -3.33. The van der Waals surface area contributed by atoms with Crippen molar-refractivity contribution in [3.63, 3.8) is 0 Å². The van der Waals surface area contributed by atoms with Crippen molar-refractivity contribution in [3.8, 4) is 0 Å². The third kappa shape index (κ3) is 46.8. The van der Waals surface area contributed by atoms with E-state index in [0.717, 1.165) is 51.4 Å². The molecular weight excluding hydrogens is 628 g/mol. The molecule has 0 bridgehead atoms. The molecule has 0 saturated heterocycles. The Kier molecular flexibility index (Phi) is 43.7. The third-order valence-corrected chi connectivity index (χ3v) is 6.36. The first-order chi connectivity index (χ1) is 23.3. The molecule has 0 aromatic heterocycles. The number of hydrogen-bond acceptors (Lipinski definition) is 9. The predicted molar refractivity (Wildman–Crippen MR) is 194 cm³/mol. The van der Waals surface area contributed by atoms with E-state index < -0.39 is 11.8 Å². The molecule has 0 aliphatic heterocycles. The van der Waals surface area contributed by atoms with Crippen LogP contribution in [0.5, 0.6) is 0 Å². The lowest BCUT2D eigenvalue weighted by Crippen LogP contribution is -2.38. The van der Waals surface area contributed by atoms with Crippen LogP contribution in [0.15, 0.2) is 0 Å². The monoisotopic (exact) mass is 686 g/mol. The number of unbranched alkanes of at least 4 members (excludes halogenated alkanes) is 6. The SMILES string of the molecule is CCCCC(N)=O.[B]N.[B]NC(=O)CCCCC(=O)NCCCCCC(=O)NCCCCCC(=O)C(C)C.[B]NC(=O)CNCC(=O)N[B]. The second-order valence-electron chi connectivity index (χ2n) is 11.0. The molecule has 0 atom stereocenters. The van der Waals surface area contributed by atoms with Crippen molar-refractivity contribution in [2.45, 2.75) is 117 Å². The van der Waals surface area contributed by atoms with Crippen molar-refractivity contribution in [2.24, 2.45) is 17.3 Å². The smallest absolute Gasteiger partial charge is 0.226 e. The number of rotatable bonds is 25. The summed E-state index contributed by atoms with van der Waals surface area (Å²) < 4.78 is 0. The summed E-state index contributed by atoms with van der Waals surface area (Å²) in [6.45, 7) is 7.13. The van der Waals surface area contributed by atoms with Crippen LogP contribution in [0.2, 0.25) is 0 Å². The van der Waals surface area contributed by atoms with Gasteiger partial charge in [0.15, 0.2) is 7.98 Å². The molecule has 272 valence electrons. The molecule has 0 unspecified atom stereocenters. The van der Waals surface area contributed by atoms with Crippen LogP contribution in [0.25, 0.3) is 0 Å². The fourth-order valence-corrected chi connectivity index (χ4v) is 3.50. The Balaban J connectivity index is -0.000000411. The van der Waals surface area contributed by atoms with Gasteiger partial charge >= 0.3 is 0 Å². The Morgan fingerprint density at radius 3 is 1.27 bits per heavy atom. The van der Waals surface area contributed by atoms with Gasteiger partial charge in [-0.05, 0) is 44.9 Å². The number of Topliss-reactive ketones (excluding diaryl/α,β-unsaturated/α-hetero) is 1. The molecule has 0 saturated carbocycles. The lowest BCUT2D eigenvalue weighted by atomic mass is 10.0. The zero-order chi connectivity index (χ0) is 38.3. The summed E-state index contributed by atoms with van der Waals surface area (Å²) in [5.41, 5.74) is 8.84. The minimum atomic E-state index is -0.394. The molecule has 0 aromatic rings. The predicted octanol–water partition coefficient (Wildman–Crippen LogP) is -1.01. The quantitative estimate of drug-likeness (QED) is 0.0433. The standard InChI is InChI=1S/C21H38BN3O4.C5H11NO.C4H7B2N3O2.BH2N/c1-17(2)18(26)11-5-3-9-15-23-19(27)12-6-4-10-16-24-20(28)13-7-8-14-21(29)25-22;1-2-3-4-5(6)7;5-8-3(10)1-7-2-4(11)9-6;1-2/h17H,3-16H2,1-2H3,(H,23,27)(H,24,28)(H,25,29);2-4H2,1H3,(H2,6,7);7H,1-2H2,(H,8,10)(H,9,11);2H2. The Morgan fingerprint density at radius 1 is 0.531 bits per heavy atom. The lowest BCUT2D eigenvalue weighted by Gasteiger charge is -2.07. The first-order valence-electron chi connectivity index (χ1n) is 16.7. The molecule has 6 amide bonds. The summed E-state index contributed by atoms with van der Waals surface area (Å²) in [4.78, 5) is 76.7. The van der Waals surface area contributed by atoms with Gasteiger partial charge in [-0.1, -0.05) is 40.0 Å². The number of nitrogens with one attached hydrogen (secondary N) is 6. The number of amides is 6. The number of nitrogens with two attached hydrogens (primary N) is 2. The van der Waals surface area contributed by atoms with E-state index in [4.69, 9.17) is 29.7 Å². The number of carbonyl (C=O) groups is 7. The fourth-order valence-electron chi connectivity index (χ4n) is 3.50. The molecule has 0 aliphatic carbocycles. The molecule has 0 fully saturated rings. The molecule has 8 radical (unpaired) electrons. The highest BCUT2D eigenvalue weighted by atomic mass is 16.2. The zero-order valence-electron chi connectivity index (χ0n) is 29.8. The summed E-state index contributed by atoms with van der Waals surface area (Å²) in [5.74, 6) is -0.722. The van der Waals surface area contributed by atoms with Gasteiger partial charge in [0.25, 0.3) is 0 Å². The summed E-state index contributed by atoms with van der Waals surface area (Å²) in [7, 11) is 18.5. The maximum absolute atomic E-state index is 11.8. The second-order valence-corrected chi connectivity index (χ2v) is 11.0. The highest BCUT2D eigenvalue weighted by Crippen LogP contribution is 2.06. The van der Waals surface area contributed by atoms with E-state index in [-0.39, 0.29) is 42.6 Å². The van der Waals surface area contributed by atoms with Crippen molar-refractivity contribution in [2.75, 3.05) is 26.2 Å². The van der Waals surface area contributed by atoms with Gasteiger partial charge in [-0.15, -0.1) is 0 Å². The molecule has 19 heteroatoms. The molecule has 15 nitrogen and oxygen atoms in total. The van der Waals surface area contributed by atoms with Crippen LogP contribution in [0, 0.1) is 5.92 Å². The molecular formula is C30H58B4N8O7. The number of hydrogen-bond donors (Lipinski definition) is 8. The molecule has 0 heterocycles. The largest absolute Gasteiger partial charge is 0.409 e. The molecule has 0 aromatic carbocycles. The van der Waals surface area contributed by atoms with E-state index in [1.54, 1.807) is 0 Å². The highest BCUT2D eigenvalue weighted by molar-refractivity contribution is 6.15. The average molecular weight is 686 g/mol. The number of ketones is 1. The van der Waals surface area contributed by atoms with E-state index in [2.05, 4.69) is 34.8 Å². The van der Waals surface area contributed by atoms with Gasteiger partial charge in [-0.2, -0.15) is 0 Å². The zero-order valence-corrected chi connectivity index (χ0v) is 29.8. The third-order valence-electron chi connectivity index (χ3n) is 6.36. The minimum absolute atomic E-state index is 0.00834. The van der Waals surface area contributed by atoms with Crippen LogP contribution in [0.1, 0.15) is 117 Å². The Bertz CT molecular complexity index is 888. The van der Waals surface area contributed by atoms with Crippen LogP contribution in [0.3, 0.4) is 0 Å². The first kappa shape index (κ1) is 52.5. The van der Waals surface area contributed by atoms with Gasteiger partial charge < -0.3 is 37.7 Å². The Labute approximate surface area is 298 Å². The minimum Gasteiger partial charge on any atom is -0.409 e. The topological polar surface area (TPSA) is 244 Å². The van der Waals surface area contributed by atoms with Crippen LogP contribution in [-0.4, -0.2) is 99.3 Å². The maximum Gasteiger partial charge on any atom is 0.226 e. The maximum atomic E-state index is 11.8. The molecule has 49 heavy (non-hydrogen) atoms. The van der Waals surface area contributed by atoms with E-state index in [9.17, 15) is 33.6 Å². The van der Waals surface area contributed by atoms with Gasteiger partial charge in [0, 0.05) is 51.1 Å². The van der Waals surface area contributed by atoms with Crippen molar-refractivity contribution < 1.29 is 33.6 Å². The van der Waals surface area contributed by atoms with E-state index in [1.165, 1.54) is 0 Å². The normalized spacial score (nSPS) is 9.57. The van der Waals surface area contributed by atoms with Gasteiger partial charge in [0.1, 0.15) is 5.78 Å². The molecule has 10 N–H and O–H groups in total. The fraction of sp³-hybridized carbons (Fsp3) is 0.767. The van der Waals surface area contributed by atoms with Crippen LogP contribution in [0.4, 0.5) is 0 Å². The summed E-state index contributed by atoms with van der Waals surface area (Å²) in [6.07, 6.45) is 11.0.